The van der Waals surface area contributed by atoms with Crippen LogP contribution < -0.4 is 4.72 Å². The van der Waals surface area contributed by atoms with Crippen LogP contribution in [-0.2, 0) is 10.2 Å². The molecule has 0 spiro atoms. The van der Waals surface area contributed by atoms with Gasteiger partial charge >= 0.3 is 16.2 Å². The maximum atomic E-state index is 11.7. The Kier molecular flexibility index (Phi) is 4.55. The number of halogens is 1. The third kappa shape index (κ3) is 3.34. The predicted octanol–water partition coefficient (Wildman–Crippen LogP) is 1.65. The highest BCUT2D eigenvalue weighted by atomic mass is 35.5. The molecule has 0 fully saturated rings. The molecule has 100 valence electrons. The van der Waals surface area contributed by atoms with E-state index in [2.05, 4.69) is 4.72 Å². The van der Waals surface area contributed by atoms with E-state index in [1.807, 2.05) is 0 Å². The van der Waals surface area contributed by atoms with Gasteiger partial charge in [0.2, 0.25) is 0 Å². The molecule has 0 aliphatic heterocycles. The lowest BCUT2D eigenvalue weighted by atomic mass is 10.2. The minimum Gasteiger partial charge on any atom is -0.478 e. The van der Waals surface area contributed by atoms with Gasteiger partial charge in [-0.25, -0.2) is 4.79 Å². The van der Waals surface area contributed by atoms with Crippen molar-refractivity contribution < 1.29 is 18.3 Å². The molecule has 8 heteroatoms. The lowest BCUT2D eigenvalue weighted by Gasteiger charge is -2.16. The molecule has 1 aromatic rings. The summed E-state index contributed by atoms with van der Waals surface area (Å²) in [6, 6.07) is 3.84. The second kappa shape index (κ2) is 5.55. The molecule has 0 bridgehead atoms. The fourth-order valence-electron chi connectivity index (χ4n) is 1.15. The molecule has 0 unspecified atom stereocenters. The summed E-state index contributed by atoms with van der Waals surface area (Å²) >= 11 is 5.74. The smallest absolute Gasteiger partial charge is 0.337 e. The number of hydrogen-bond donors (Lipinski definition) is 2. The highest BCUT2D eigenvalue weighted by molar-refractivity contribution is 7.90. The molecule has 0 aromatic heterocycles. The van der Waals surface area contributed by atoms with Gasteiger partial charge in [0, 0.05) is 13.6 Å². The van der Waals surface area contributed by atoms with Crippen LogP contribution in [0, 0.1) is 0 Å². The van der Waals surface area contributed by atoms with E-state index < -0.39 is 16.2 Å². The molecule has 0 saturated carbocycles. The van der Waals surface area contributed by atoms with E-state index in [9.17, 15) is 13.2 Å². The van der Waals surface area contributed by atoms with Gasteiger partial charge in [0.25, 0.3) is 0 Å². The number of rotatable bonds is 5. The second-order valence-corrected chi connectivity index (χ2v) is 5.71. The second-order valence-electron chi connectivity index (χ2n) is 3.52. The standard InChI is InChI=1S/C10H13ClN2O4S/c1-3-13(2)18(16,17)12-7-4-5-8(10(14)15)9(11)6-7/h4-6,12H,3H2,1-2H3,(H,14,15). The monoisotopic (exact) mass is 292 g/mol. The maximum absolute atomic E-state index is 11.7. The number of benzene rings is 1. The van der Waals surface area contributed by atoms with Gasteiger partial charge in [0.1, 0.15) is 0 Å². The van der Waals surface area contributed by atoms with Gasteiger partial charge < -0.3 is 5.11 Å². The molecule has 0 aliphatic rings. The molecule has 6 nitrogen and oxygen atoms in total. The van der Waals surface area contributed by atoms with Crippen molar-refractivity contribution in [2.75, 3.05) is 18.3 Å². The number of anilines is 1. The third-order valence-electron chi connectivity index (χ3n) is 2.30. The van der Waals surface area contributed by atoms with Crippen LogP contribution in [0.1, 0.15) is 17.3 Å². The van der Waals surface area contributed by atoms with Gasteiger partial charge in [0.15, 0.2) is 0 Å². The van der Waals surface area contributed by atoms with Crippen molar-refractivity contribution in [3.05, 3.63) is 28.8 Å². The number of carbonyl (C=O) groups is 1. The highest BCUT2D eigenvalue weighted by Gasteiger charge is 2.17. The van der Waals surface area contributed by atoms with Crippen molar-refractivity contribution >= 4 is 33.5 Å². The van der Waals surface area contributed by atoms with Crippen molar-refractivity contribution in [3.8, 4) is 0 Å². The van der Waals surface area contributed by atoms with E-state index in [0.717, 1.165) is 4.31 Å². The van der Waals surface area contributed by atoms with Gasteiger partial charge in [0.05, 0.1) is 16.3 Å². The Morgan fingerprint density at radius 3 is 2.56 bits per heavy atom. The molecule has 0 aliphatic carbocycles. The first-order chi connectivity index (χ1) is 8.27. The minimum absolute atomic E-state index is 0.0261. The number of nitrogens with zero attached hydrogens (tertiary/aromatic N) is 1. The number of aromatic carboxylic acids is 1. The van der Waals surface area contributed by atoms with Crippen molar-refractivity contribution in [1.82, 2.24) is 4.31 Å². The first kappa shape index (κ1) is 14.7. The quantitative estimate of drug-likeness (QED) is 0.864. The van der Waals surface area contributed by atoms with Gasteiger partial charge in [-0.1, -0.05) is 18.5 Å². The van der Waals surface area contributed by atoms with Crippen LogP contribution in [0.4, 0.5) is 5.69 Å². The van der Waals surface area contributed by atoms with Crippen molar-refractivity contribution in [1.29, 1.82) is 0 Å². The van der Waals surface area contributed by atoms with Crippen LogP contribution in [0.15, 0.2) is 18.2 Å². The lowest BCUT2D eigenvalue weighted by molar-refractivity contribution is 0.0697. The summed E-state index contributed by atoms with van der Waals surface area (Å²) in [7, 11) is -2.21. The zero-order valence-corrected chi connectivity index (χ0v) is 11.4. The molecule has 2 N–H and O–H groups in total. The predicted molar refractivity (Wildman–Crippen MR) is 69.3 cm³/mol. The molecule has 0 atom stereocenters. The topological polar surface area (TPSA) is 86.7 Å². The Bertz CT molecular complexity index is 559. The van der Waals surface area contributed by atoms with Crippen LogP contribution in [-0.4, -0.2) is 37.4 Å². The van der Waals surface area contributed by atoms with Crippen molar-refractivity contribution in [3.63, 3.8) is 0 Å². The molecule has 1 aromatic carbocycles. The fourth-order valence-corrected chi connectivity index (χ4v) is 2.33. The number of hydrogen-bond acceptors (Lipinski definition) is 3. The summed E-state index contributed by atoms with van der Waals surface area (Å²) in [5.74, 6) is -1.17. The normalized spacial score (nSPS) is 11.6. The average Bonchev–Trinajstić information content (AvgIpc) is 2.26. The minimum atomic E-state index is -3.64. The van der Waals surface area contributed by atoms with E-state index >= 15 is 0 Å². The van der Waals surface area contributed by atoms with Crippen LogP contribution in [0.25, 0.3) is 0 Å². The molecule has 0 amide bonds. The first-order valence-corrected chi connectivity index (χ1v) is 6.86. The molecule has 0 heterocycles. The summed E-state index contributed by atoms with van der Waals surface area (Å²) in [5, 5.41) is 8.76. The van der Waals surface area contributed by atoms with E-state index in [-0.39, 0.29) is 16.3 Å². The Morgan fingerprint density at radius 1 is 1.50 bits per heavy atom. The van der Waals surface area contributed by atoms with E-state index in [0.29, 0.717) is 6.54 Å². The zero-order valence-electron chi connectivity index (χ0n) is 9.84. The summed E-state index contributed by atoms with van der Waals surface area (Å²) in [4.78, 5) is 10.7. The van der Waals surface area contributed by atoms with Gasteiger partial charge in [-0.3, -0.25) is 4.72 Å². The average molecular weight is 293 g/mol. The summed E-state index contributed by atoms with van der Waals surface area (Å²) in [6.07, 6.45) is 0. The van der Waals surface area contributed by atoms with Crippen LogP contribution >= 0.6 is 11.6 Å². The van der Waals surface area contributed by atoms with Crippen molar-refractivity contribution in [2.24, 2.45) is 0 Å². The summed E-state index contributed by atoms with van der Waals surface area (Å²) < 4.78 is 26.8. The molecule has 18 heavy (non-hydrogen) atoms. The van der Waals surface area contributed by atoms with Gasteiger partial charge in [-0.05, 0) is 18.2 Å². The SMILES string of the molecule is CCN(C)S(=O)(=O)Nc1ccc(C(=O)O)c(Cl)c1. The number of carboxylic acid groups (broad SMARTS) is 1. The molecular formula is C10H13ClN2O4S. The van der Waals surface area contributed by atoms with Crippen LogP contribution in [0.2, 0.25) is 5.02 Å². The largest absolute Gasteiger partial charge is 0.478 e. The summed E-state index contributed by atoms with van der Waals surface area (Å²) in [6.45, 7) is 2.01. The Morgan fingerprint density at radius 2 is 2.11 bits per heavy atom. The Balaban J connectivity index is 3.01. The third-order valence-corrected chi connectivity index (χ3v) is 4.19. The van der Waals surface area contributed by atoms with E-state index in [4.69, 9.17) is 16.7 Å². The van der Waals surface area contributed by atoms with Crippen LogP contribution in [0.3, 0.4) is 0 Å². The van der Waals surface area contributed by atoms with Gasteiger partial charge in [-0.15, -0.1) is 0 Å². The molecule has 1 rings (SSSR count). The molecule has 0 radical (unpaired) electrons. The van der Waals surface area contributed by atoms with Crippen LogP contribution in [0.5, 0.6) is 0 Å². The number of carboxylic acids is 1. The van der Waals surface area contributed by atoms with E-state index in [1.54, 1.807) is 6.92 Å². The number of nitrogens with one attached hydrogen (secondary N) is 1. The van der Waals surface area contributed by atoms with Crippen molar-refractivity contribution in [2.45, 2.75) is 6.92 Å². The molecule has 0 saturated heterocycles. The first-order valence-electron chi connectivity index (χ1n) is 5.05. The highest BCUT2D eigenvalue weighted by Crippen LogP contribution is 2.22. The maximum Gasteiger partial charge on any atom is 0.337 e. The van der Waals surface area contributed by atoms with Gasteiger partial charge in [-0.2, -0.15) is 12.7 Å². The van der Waals surface area contributed by atoms with E-state index in [1.165, 1.54) is 25.2 Å². The zero-order chi connectivity index (χ0) is 13.9. The molecular weight excluding hydrogens is 280 g/mol. The summed E-state index contributed by atoms with van der Waals surface area (Å²) in [5.41, 5.74) is 0.133. The lowest BCUT2D eigenvalue weighted by Crippen LogP contribution is -2.32. The Hall–Kier alpha value is -1.31. The Labute approximate surface area is 110 Å². The fraction of sp³-hybridized carbons (Fsp3) is 0.300.